The first-order valence-corrected chi connectivity index (χ1v) is 5.42. The largest absolute Gasteiger partial charge is 0.481 e. The summed E-state index contributed by atoms with van der Waals surface area (Å²) in [5.74, 6) is 1.24. The van der Waals surface area contributed by atoms with E-state index >= 15 is 0 Å². The van der Waals surface area contributed by atoms with Crippen molar-refractivity contribution in [2.75, 3.05) is 12.4 Å². The van der Waals surface area contributed by atoms with E-state index in [4.69, 9.17) is 10.00 Å². The van der Waals surface area contributed by atoms with Crippen LogP contribution in [0.15, 0.2) is 36.5 Å². The SMILES string of the molecule is COc1ncccc1CNc1cccc(C#N)n1. The van der Waals surface area contributed by atoms with E-state index < -0.39 is 0 Å². The average molecular weight is 240 g/mol. The highest BCUT2D eigenvalue weighted by Crippen LogP contribution is 2.15. The smallest absolute Gasteiger partial charge is 0.218 e. The third-order valence-corrected chi connectivity index (χ3v) is 2.37. The zero-order valence-corrected chi connectivity index (χ0v) is 9.92. The van der Waals surface area contributed by atoms with Crippen LogP contribution in [0.4, 0.5) is 5.82 Å². The lowest BCUT2D eigenvalue weighted by Gasteiger charge is -2.08. The summed E-state index contributed by atoms with van der Waals surface area (Å²) < 4.78 is 5.15. The number of hydrogen-bond acceptors (Lipinski definition) is 5. The molecule has 1 N–H and O–H groups in total. The molecule has 2 aromatic heterocycles. The van der Waals surface area contributed by atoms with Crippen molar-refractivity contribution in [1.29, 1.82) is 5.26 Å². The lowest BCUT2D eigenvalue weighted by molar-refractivity contribution is 0.393. The quantitative estimate of drug-likeness (QED) is 0.884. The molecule has 5 heteroatoms. The van der Waals surface area contributed by atoms with E-state index in [1.807, 2.05) is 24.3 Å². The maximum absolute atomic E-state index is 8.76. The first-order chi connectivity index (χ1) is 8.83. The number of nitrogens with zero attached hydrogens (tertiary/aromatic N) is 3. The Bertz CT molecular complexity index is 577. The van der Waals surface area contributed by atoms with Gasteiger partial charge in [-0.15, -0.1) is 0 Å². The summed E-state index contributed by atoms with van der Waals surface area (Å²) in [4.78, 5) is 8.24. The minimum atomic E-state index is 0.387. The Kier molecular flexibility index (Phi) is 3.72. The molecule has 2 rings (SSSR count). The molecule has 90 valence electrons. The van der Waals surface area contributed by atoms with Gasteiger partial charge in [-0.05, 0) is 18.2 Å². The first-order valence-electron chi connectivity index (χ1n) is 5.42. The van der Waals surface area contributed by atoms with Gasteiger partial charge in [0.25, 0.3) is 0 Å². The van der Waals surface area contributed by atoms with Gasteiger partial charge >= 0.3 is 0 Å². The highest BCUT2D eigenvalue weighted by atomic mass is 16.5. The molecule has 18 heavy (non-hydrogen) atoms. The number of methoxy groups -OCH3 is 1. The van der Waals surface area contributed by atoms with Crippen molar-refractivity contribution in [2.24, 2.45) is 0 Å². The maximum Gasteiger partial charge on any atom is 0.218 e. The molecule has 0 aliphatic carbocycles. The van der Waals surface area contributed by atoms with Crippen LogP contribution in [-0.2, 0) is 6.54 Å². The first kappa shape index (κ1) is 11.9. The Morgan fingerprint density at radius 2 is 2.22 bits per heavy atom. The summed E-state index contributed by atoms with van der Waals surface area (Å²) in [6.07, 6.45) is 1.68. The van der Waals surface area contributed by atoms with Gasteiger partial charge < -0.3 is 10.1 Å². The van der Waals surface area contributed by atoms with Crippen molar-refractivity contribution >= 4 is 5.82 Å². The van der Waals surface area contributed by atoms with E-state index in [9.17, 15) is 0 Å². The van der Waals surface area contributed by atoms with E-state index in [1.54, 1.807) is 25.4 Å². The van der Waals surface area contributed by atoms with Gasteiger partial charge in [0.05, 0.1) is 7.11 Å². The van der Waals surface area contributed by atoms with Gasteiger partial charge in [-0.1, -0.05) is 12.1 Å². The third-order valence-electron chi connectivity index (χ3n) is 2.37. The molecule has 0 amide bonds. The van der Waals surface area contributed by atoms with E-state index in [2.05, 4.69) is 15.3 Å². The normalized spacial score (nSPS) is 9.56. The van der Waals surface area contributed by atoms with Crippen LogP contribution >= 0.6 is 0 Å². The molecule has 0 unspecified atom stereocenters. The Labute approximate surface area is 105 Å². The summed E-state index contributed by atoms with van der Waals surface area (Å²) in [5.41, 5.74) is 1.32. The van der Waals surface area contributed by atoms with Crippen molar-refractivity contribution in [3.8, 4) is 11.9 Å². The van der Waals surface area contributed by atoms with Gasteiger partial charge in [0.2, 0.25) is 5.88 Å². The predicted molar refractivity (Wildman–Crippen MR) is 67.1 cm³/mol. The van der Waals surface area contributed by atoms with Crippen molar-refractivity contribution < 1.29 is 4.74 Å². The van der Waals surface area contributed by atoms with Gasteiger partial charge in [-0.3, -0.25) is 0 Å². The van der Waals surface area contributed by atoms with Crippen molar-refractivity contribution in [2.45, 2.75) is 6.54 Å². The topological polar surface area (TPSA) is 70.8 Å². The molecular formula is C13H12N4O. The fourth-order valence-corrected chi connectivity index (χ4v) is 1.52. The summed E-state index contributed by atoms with van der Waals surface area (Å²) >= 11 is 0. The molecule has 0 aliphatic rings. The van der Waals surface area contributed by atoms with Gasteiger partial charge in [-0.25, -0.2) is 9.97 Å². The van der Waals surface area contributed by atoms with Gasteiger partial charge in [0.1, 0.15) is 17.6 Å². The molecule has 2 aromatic rings. The monoisotopic (exact) mass is 240 g/mol. The number of ether oxygens (including phenoxy) is 1. The number of nitrogens with one attached hydrogen (secondary N) is 1. The number of anilines is 1. The number of pyridine rings is 2. The number of aromatic nitrogens is 2. The Hall–Kier alpha value is -2.61. The second kappa shape index (κ2) is 5.64. The molecule has 0 fully saturated rings. The fraction of sp³-hybridized carbons (Fsp3) is 0.154. The van der Waals surface area contributed by atoms with Gasteiger partial charge in [0, 0.05) is 18.3 Å². The fourth-order valence-electron chi connectivity index (χ4n) is 1.52. The summed E-state index contributed by atoms with van der Waals surface area (Å²) in [5, 5.41) is 11.9. The number of rotatable bonds is 4. The van der Waals surface area contributed by atoms with Crippen LogP contribution in [0.1, 0.15) is 11.3 Å². The average Bonchev–Trinajstić information content (AvgIpc) is 2.45. The molecule has 0 aromatic carbocycles. The Morgan fingerprint density at radius 3 is 3.00 bits per heavy atom. The predicted octanol–water partition coefficient (Wildman–Crippen LogP) is 1.97. The zero-order chi connectivity index (χ0) is 12.8. The third kappa shape index (κ3) is 2.74. The maximum atomic E-state index is 8.76. The Morgan fingerprint density at radius 1 is 1.33 bits per heavy atom. The van der Waals surface area contributed by atoms with Crippen LogP contribution in [0, 0.1) is 11.3 Å². The Balaban J connectivity index is 2.09. The summed E-state index contributed by atoms with van der Waals surface area (Å²) in [7, 11) is 1.58. The molecule has 0 bridgehead atoms. The van der Waals surface area contributed by atoms with Gasteiger partial charge in [0.15, 0.2) is 0 Å². The summed E-state index contributed by atoms with van der Waals surface area (Å²) in [6, 6.07) is 11.0. The number of hydrogen-bond donors (Lipinski definition) is 1. The highest BCUT2D eigenvalue weighted by molar-refractivity contribution is 5.40. The lowest BCUT2D eigenvalue weighted by Crippen LogP contribution is -2.04. The standard InChI is InChI=1S/C13H12N4O/c1-18-13-10(4-3-7-15-13)9-16-12-6-2-5-11(8-14)17-12/h2-7H,9H2,1H3,(H,16,17). The summed E-state index contributed by atoms with van der Waals surface area (Å²) in [6.45, 7) is 0.541. The molecule has 5 nitrogen and oxygen atoms in total. The molecular weight excluding hydrogens is 228 g/mol. The van der Waals surface area contributed by atoms with Crippen LogP contribution < -0.4 is 10.1 Å². The highest BCUT2D eigenvalue weighted by Gasteiger charge is 2.03. The molecule has 2 heterocycles. The molecule has 0 radical (unpaired) electrons. The minimum Gasteiger partial charge on any atom is -0.481 e. The molecule has 0 saturated heterocycles. The molecule has 0 saturated carbocycles. The van der Waals surface area contributed by atoms with Crippen LogP contribution in [0.3, 0.4) is 0 Å². The zero-order valence-electron chi connectivity index (χ0n) is 9.92. The van der Waals surface area contributed by atoms with Crippen LogP contribution in [0.25, 0.3) is 0 Å². The minimum absolute atomic E-state index is 0.387. The molecule has 0 atom stereocenters. The van der Waals surface area contributed by atoms with Crippen molar-refractivity contribution in [3.05, 3.63) is 47.8 Å². The van der Waals surface area contributed by atoms with E-state index in [1.165, 1.54) is 0 Å². The number of nitriles is 1. The van der Waals surface area contributed by atoms with E-state index in [0.29, 0.717) is 23.9 Å². The van der Waals surface area contributed by atoms with E-state index in [0.717, 1.165) is 5.56 Å². The molecule has 0 spiro atoms. The van der Waals surface area contributed by atoms with Crippen molar-refractivity contribution in [1.82, 2.24) is 9.97 Å². The van der Waals surface area contributed by atoms with Crippen LogP contribution in [0.5, 0.6) is 5.88 Å². The second-order valence-corrected chi connectivity index (χ2v) is 3.55. The van der Waals surface area contributed by atoms with E-state index in [-0.39, 0.29) is 0 Å². The van der Waals surface area contributed by atoms with Crippen LogP contribution in [-0.4, -0.2) is 17.1 Å². The lowest BCUT2D eigenvalue weighted by atomic mass is 10.2. The van der Waals surface area contributed by atoms with Crippen LogP contribution in [0.2, 0.25) is 0 Å². The van der Waals surface area contributed by atoms with Crippen molar-refractivity contribution in [3.63, 3.8) is 0 Å². The molecule has 0 aliphatic heterocycles. The van der Waals surface area contributed by atoms with Gasteiger partial charge in [-0.2, -0.15) is 5.26 Å². The second-order valence-electron chi connectivity index (χ2n) is 3.55.